The fraction of sp³-hybridized carbons (Fsp3) is 0.278. The number of likely N-dealkylation sites (N-methyl/N-ethyl adjacent to an activating group) is 1. The first kappa shape index (κ1) is 14.9. The highest BCUT2D eigenvalue weighted by Gasteiger charge is 2.03. The SMILES string of the molecule is Cc1ccccc1N(C)CCOc1ccc(CC#N)cc1. The molecule has 0 amide bonds. The Balaban J connectivity index is 1.84. The smallest absolute Gasteiger partial charge is 0.119 e. The maximum absolute atomic E-state index is 8.64. The van der Waals surface area contributed by atoms with E-state index in [1.165, 1.54) is 11.3 Å². The highest BCUT2D eigenvalue weighted by molar-refractivity contribution is 5.52. The second kappa shape index (κ2) is 7.35. The Bertz CT molecular complexity index is 614. The highest BCUT2D eigenvalue weighted by atomic mass is 16.5. The van der Waals surface area contributed by atoms with E-state index < -0.39 is 0 Å². The third kappa shape index (κ3) is 4.25. The van der Waals surface area contributed by atoms with Gasteiger partial charge in [0.1, 0.15) is 12.4 Å². The zero-order valence-corrected chi connectivity index (χ0v) is 12.5. The van der Waals surface area contributed by atoms with Crippen LogP contribution in [0, 0.1) is 18.3 Å². The molecule has 0 fully saturated rings. The third-order valence-electron chi connectivity index (χ3n) is 3.43. The Labute approximate surface area is 126 Å². The lowest BCUT2D eigenvalue weighted by molar-refractivity contribution is 0.326. The predicted octanol–water partition coefficient (Wildman–Crippen LogP) is 3.58. The Kier molecular flexibility index (Phi) is 5.22. The summed E-state index contributed by atoms with van der Waals surface area (Å²) >= 11 is 0. The van der Waals surface area contributed by atoms with Gasteiger partial charge in [-0.25, -0.2) is 0 Å². The van der Waals surface area contributed by atoms with Crippen molar-refractivity contribution >= 4 is 5.69 Å². The average molecular weight is 280 g/mol. The summed E-state index contributed by atoms with van der Waals surface area (Å²) in [5.41, 5.74) is 3.51. The van der Waals surface area contributed by atoms with Crippen molar-refractivity contribution in [3.8, 4) is 11.8 Å². The molecule has 3 heteroatoms. The zero-order valence-electron chi connectivity index (χ0n) is 12.5. The number of rotatable bonds is 6. The molecule has 0 saturated heterocycles. The van der Waals surface area contributed by atoms with Gasteiger partial charge in [-0.1, -0.05) is 30.3 Å². The molecule has 108 valence electrons. The summed E-state index contributed by atoms with van der Waals surface area (Å²) in [6.45, 7) is 3.56. The zero-order chi connectivity index (χ0) is 15.1. The number of aryl methyl sites for hydroxylation is 1. The van der Waals surface area contributed by atoms with Crippen LogP contribution in [0.25, 0.3) is 0 Å². The summed E-state index contributed by atoms with van der Waals surface area (Å²) in [4.78, 5) is 2.19. The summed E-state index contributed by atoms with van der Waals surface area (Å²) < 4.78 is 5.75. The number of ether oxygens (including phenoxy) is 1. The summed E-state index contributed by atoms with van der Waals surface area (Å²) in [6, 6.07) is 18.2. The van der Waals surface area contributed by atoms with Crippen molar-refractivity contribution < 1.29 is 4.74 Å². The Morgan fingerprint density at radius 2 is 1.81 bits per heavy atom. The fourth-order valence-corrected chi connectivity index (χ4v) is 2.21. The second-order valence-electron chi connectivity index (χ2n) is 5.04. The van der Waals surface area contributed by atoms with Crippen LogP contribution < -0.4 is 9.64 Å². The standard InChI is InChI=1S/C18H20N2O/c1-15-5-3-4-6-18(15)20(2)13-14-21-17-9-7-16(8-10-17)11-12-19/h3-10H,11,13-14H2,1-2H3. The number of anilines is 1. The van der Waals surface area contributed by atoms with Gasteiger partial charge in [-0.05, 0) is 36.2 Å². The van der Waals surface area contributed by atoms with E-state index in [0.29, 0.717) is 13.0 Å². The van der Waals surface area contributed by atoms with E-state index >= 15 is 0 Å². The number of hydrogen-bond acceptors (Lipinski definition) is 3. The lowest BCUT2D eigenvalue weighted by Gasteiger charge is -2.21. The molecule has 0 bridgehead atoms. The summed E-state index contributed by atoms with van der Waals surface area (Å²) in [6.07, 6.45) is 0.441. The Hall–Kier alpha value is -2.47. The minimum Gasteiger partial charge on any atom is -0.492 e. The number of nitrogens with zero attached hydrogens (tertiary/aromatic N) is 2. The van der Waals surface area contributed by atoms with E-state index in [9.17, 15) is 0 Å². The molecule has 0 spiro atoms. The number of benzene rings is 2. The molecule has 0 aliphatic rings. The maximum Gasteiger partial charge on any atom is 0.119 e. The topological polar surface area (TPSA) is 36.3 Å². The molecule has 2 rings (SSSR count). The average Bonchev–Trinajstić information content (AvgIpc) is 2.49. The summed E-state index contributed by atoms with van der Waals surface area (Å²) in [5, 5.41) is 8.64. The van der Waals surface area contributed by atoms with Crippen LogP contribution in [-0.4, -0.2) is 20.2 Å². The van der Waals surface area contributed by atoms with E-state index in [2.05, 4.69) is 37.1 Å². The van der Waals surface area contributed by atoms with Crippen molar-refractivity contribution in [3.05, 3.63) is 59.7 Å². The lowest BCUT2D eigenvalue weighted by Crippen LogP contribution is -2.24. The van der Waals surface area contributed by atoms with E-state index in [1.54, 1.807) is 0 Å². The van der Waals surface area contributed by atoms with Crippen LogP contribution in [0.15, 0.2) is 48.5 Å². The van der Waals surface area contributed by atoms with E-state index in [1.807, 2.05) is 36.4 Å². The molecule has 0 aliphatic heterocycles. The van der Waals surface area contributed by atoms with Crippen LogP contribution in [-0.2, 0) is 6.42 Å². The second-order valence-corrected chi connectivity index (χ2v) is 5.04. The maximum atomic E-state index is 8.64. The molecule has 0 atom stereocenters. The van der Waals surface area contributed by atoms with E-state index in [0.717, 1.165) is 17.9 Å². The normalized spacial score (nSPS) is 9.95. The van der Waals surface area contributed by atoms with Gasteiger partial charge < -0.3 is 9.64 Å². The molecule has 0 aromatic heterocycles. The van der Waals surface area contributed by atoms with Crippen LogP contribution in [0.2, 0.25) is 0 Å². The monoisotopic (exact) mass is 280 g/mol. The predicted molar refractivity (Wildman–Crippen MR) is 85.7 cm³/mol. The van der Waals surface area contributed by atoms with Crippen LogP contribution in [0.4, 0.5) is 5.69 Å². The van der Waals surface area contributed by atoms with Crippen molar-refractivity contribution in [2.75, 3.05) is 25.1 Å². The van der Waals surface area contributed by atoms with Crippen molar-refractivity contribution in [2.45, 2.75) is 13.3 Å². The van der Waals surface area contributed by atoms with E-state index in [4.69, 9.17) is 10.00 Å². The number of para-hydroxylation sites is 1. The van der Waals surface area contributed by atoms with Crippen LogP contribution in [0.5, 0.6) is 5.75 Å². The van der Waals surface area contributed by atoms with Gasteiger partial charge >= 0.3 is 0 Å². The lowest BCUT2D eigenvalue weighted by atomic mass is 10.2. The Morgan fingerprint density at radius 3 is 2.48 bits per heavy atom. The van der Waals surface area contributed by atoms with Gasteiger partial charge in [0, 0.05) is 12.7 Å². The van der Waals surface area contributed by atoms with Gasteiger partial charge in [-0.2, -0.15) is 5.26 Å². The number of nitriles is 1. The molecule has 21 heavy (non-hydrogen) atoms. The molecule has 2 aromatic rings. The van der Waals surface area contributed by atoms with Crippen molar-refractivity contribution in [1.29, 1.82) is 5.26 Å². The molecule has 0 saturated carbocycles. The third-order valence-corrected chi connectivity index (χ3v) is 3.43. The molecule has 0 N–H and O–H groups in total. The quantitative estimate of drug-likeness (QED) is 0.811. The minimum atomic E-state index is 0.441. The van der Waals surface area contributed by atoms with E-state index in [-0.39, 0.29) is 0 Å². The molecule has 0 heterocycles. The van der Waals surface area contributed by atoms with Gasteiger partial charge in [-0.3, -0.25) is 0 Å². The van der Waals surface area contributed by atoms with Crippen LogP contribution in [0.1, 0.15) is 11.1 Å². The molecule has 0 radical (unpaired) electrons. The molecule has 0 unspecified atom stereocenters. The van der Waals surface area contributed by atoms with Crippen LogP contribution >= 0.6 is 0 Å². The largest absolute Gasteiger partial charge is 0.492 e. The first-order valence-corrected chi connectivity index (χ1v) is 7.06. The van der Waals surface area contributed by atoms with Gasteiger partial charge in [0.2, 0.25) is 0 Å². The van der Waals surface area contributed by atoms with Gasteiger partial charge in [-0.15, -0.1) is 0 Å². The summed E-state index contributed by atoms with van der Waals surface area (Å²) in [5.74, 6) is 0.842. The molecular formula is C18H20N2O. The molecule has 3 nitrogen and oxygen atoms in total. The summed E-state index contributed by atoms with van der Waals surface area (Å²) in [7, 11) is 2.07. The molecule has 0 aliphatic carbocycles. The van der Waals surface area contributed by atoms with Gasteiger partial charge in [0.05, 0.1) is 19.0 Å². The van der Waals surface area contributed by atoms with Gasteiger partial charge in [0.25, 0.3) is 0 Å². The minimum absolute atomic E-state index is 0.441. The fourth-order valence-electron chi connectivity index (χ4n) is 2.21. The molecular weight excluding hydrogens is 260 g/mol. The van der Waals surface area contributed by atoms with Crippen molar-refractivity contribution in [1.82, 2.24) is 0 Å². The van der Waals surface area contributed by atoms with Crippen molar-refractivity contribution in [3.63, 3.8) is 0 Å². The van der Waals surface area contributed by atoms with Crippen LogP contribution in [0.3, 0.4) is 0 Å². The first-order valence-electron chi connectivity index (χ1n) is 7.06. The Morgan fingerprint density at radius 1 is 1.10 bits per heavy atom. The molecule has 2 aromatic carbocycles. The first-order chi connectivity index (χ1) is 10.2. The number of hydrogen-bond donors (Lipinski definition) is 0. The van der Waals surface area contributed by atoms with Gasteiger partial charge in [0.15, 0.2) is 0 Å². The highest BCUT2D eigenvalue weighted by Crippen LogP contribution is 2.18. The van der Waals surface area contributed by atoms with Crippen molar-refractivity contribution in [2.24, 2.45) is 0 Å².